The van der Waals surface area contributed by atoms with Crippen LogP contribution in [0, 0.1) is 0 Å². The molecule has 2 aromatic carbocycles. The van der Waals surface area contributed by atoms with Gasteiger partial charge in [-0.05, 0) is 30.3 Å². The lowest BCUT2D eigenvalue weighted by atomic mass is 10.1. The van der Waals surface area contributed by atoms with Crippen molar-refractivity contribution in [3.05, 3.63) is 65.4 Å². The molecule has 2 heterocycles. The lowest BCUT2D eigenvalue weighted by Crippen LogP contribution is -2.40. The van der Waals surface area contributed by atoms with Gasteiger partial charge < -0.3 is 13.9 Å². The fourth-order valence-corrected chi connectivity index (χ4v) is 3.14. The van der Waals surface area contributed by atoms with Crippen molar-refractivity contribution in [2.75, 3.05) is 13.2 Å². The number of carbonyl (C=O) groups is 2. The van der Waals surface area contributed by atoms with Crippen molar-refractivity contribution in [2.45, 2.75) is 13.3 Å². The molecule has 0 aliphatic carbocycles. The van der Waals surface area contributed by atoms with Gasteiger partial charge >= 0.3 is 0 Å². The highest BCUT2D eigenvalue weighted by molar-refractivity contribution is 5.99. The molecule has 0 radical (unpaired) electrons. The Morgan fingerprint density at radius 1 is 1.03 bits per heavy atom. The zero-order valence-electron chi connectivity index (χ0n) is 15.9. The number of rotatable bonds is 4. The van der Waals surface area contributed by atoms with Crippen LogP contribution >= 0.6 is 0 Å². The lowest BCUT2D eigenvalue weighted by molar-refractivity contribution is -0.117. The summed E-state index contributed by atoms with van der Waals surface area (Å²) in [5.41, 5.74) is 6.76. The molecule has 0 spiro atoms. The molecule has 2 amide bonds. The molecule has 2 N–H and O–H groups in total. The average Bonchev–Trinajstić information content (AvgIpc) is 3.13. The number of ether oxygens (including phenoxy) is 2. The molecule has 3 aromatic rings. The van der Waals surface area contributed by atoms with Crippen LogP contribution < -0.4 is 20.3 Å². The second kappa shape index (κ2) is 8.10. The molecule has 7 nitrogen and oxygen atoms in total. The van der Waals surface area contributed by atoms with Gasteiger partial charge in [0.15, 0.2) is 11.5 Å². The zero-order valence-corrected chi connectivity index (χ0v) is 15.9. The molecule has 148 valence electrons. The van der Waals surface area contributed by atoms with Crippen molar-refractivity contribution in [2.24, 2.45) is 0 Å². The minimum absolute atomic E-state index is 0.354. The second-order valence-corrected chi connectivity index (χ2v) is 6.42. The van der Waals surface area contributed by atoms with Crippen molar-refractivity contribution in [3.63, 3.8) is 0 Å². The number of hydrogen-bond donors (Lipinski definition) is 2. The minimum atomic E-state index is -0.455. The van der Waals surface area contributed by atoms with E-state index < -0.39 is 11.8 Å². The Bertz CT molecular complexity index is 1100. The van der Waals surface area contributed by atoms with Crippen molar-refractivity contribution < 1.29 is 23.5 Å². The van der Waals surface area contributed by atoms with E-state index in [2.05, 4.69) is 10.9 Å². The normalized spacial score (nSPS) is 12.9. The van der Waals surface area contributed by atoms with Gasteiger partial charge in [0.25, 0.3) is 11.8 Å². The van der Waals surface area contributed by atoms with Crippen LogP contribution in [0.1, 0.15) is 28.6 Å². The fraction of sp³-hybridized carbons (Fsp3) is 0.182. The molecule has 0 atom stereocenters. The molecule has 7 heteroatoms. The van der Waals surface area contributed by atoms with Crippen LogP contribution in [0.5, 0.6) is 11.5 Å². The third kappa shape index (κ3) is 3.94. The van der Waals surface area contributed by atoms with Crippen LogP contribution in [0.4, 0.5) is 0 Å². The fourth-order valence-electron chi connectivity index (χ4n) is 3.14. The van der Waals surface area contributed by atoms with E-state index in [4.69, 9.17) is 13.9 Å². The summed E-state index contributed by atoms with van der Waals surface area (Å²) in [5.74, 6) is 0.999. The molecular weight excluding hydrogens is 372 g/mol. The smallest absolute Gasteiger partial charge is 0.269 e. The summed E-state index contributed by atoms with van der Waals surface area (Å²) in [7, 11) is 0. The first-order chi connectivity index (χ1) is 14.2. The van der Waals surface area contributed by atoms with Gasteiger partial charge in [0.2, 0.25) is 0 Å². The number of aryl methyl sites for hydroxylation is 1. The summed E-state index contributed by atoms with van der Waals surface area (Å²) in [4.78, 5) is 24.4. The predicted molar refractivity (Wildman–Crippen MR) is 108 cm³/mol. The molecule has 0 bridgehead atoms. The average molecular weight is 392 g/mol. The summed E-state index contributed by atoms with van der Waals surface area (Å²) in [5, 5.41) is 0.939. The van der Waals surface area contributed by atoms with E-state index in [1.54, 1.807) is 24.3 Å². The van der Waals surface area contributed by atoms with Gasteiger partial charge in [-0.15, -0.1) is 0 Å². The summed E-state index contributed by atoms with van der Waals surface area (Å²) >= 11 is 0. The largest absolute Gasteiger partial charge is 0.486 e. The van der Waals surface area contributed by atoms with E-state index >= 15 is 0 Å². The number of fused-ring (bicyclic) bond motifs is 2. The number of amides is 2. The Labute approximate surface area is 167 Å². The van der Waals surface area contributed by atoms with Crippen LogP contribution in [0.3, 0.4) is 0 Å². The first-order valence-corrected chi connectivity index (χ1v) is 9.34. The predicted octanol–water partition coefficient (Wildman–Crippen LogP) is 3.24. The topological polar surface area (TPSA) is 89.8 Å². The zero-order chi connectivity index (χ0) is 20.2. The molecule has 4 rings (SSSR count). The summed E-state index contributed by atoms with van der Waals surface area (Å²) in [6.45, 7) is 2.90. The van der Waals surface area contributed by atoms with Gasteiger partial charge in [-0.2, -0.15) is 0 Å². The maximum Gasteiger partial charge on any atom is 0.269 e. The maximum absolute atomic E-state index is 12.3. The van der Waals surface area contributed by atoms with Gasteiger partial charge in [-0.1, -0.05) is 25.1 Å². The number of nitrogens with one attached hydrogen (secondary N) is 2. The monoisotopic (exact) mass is 392 g/mol. The number of hydrazine groups is 1. The van der Waals surface area contributed by atoms with E-state index in [9.17, 15) is 9.59 Å². The van der Waals surface area contributed by atoms with E-state index in [1.165, 1.54) is 6.08 Å². The molecule has 0 fully saturated rings. The van der Waals surface area contributed by atoms with Crippen molar-refractivity contribution in [3.8, 4) is 11.5 Å². The summed E-state index contributed by atoms with van der Waals surface area (Å²) in [6, 6.07) is 12.5. The summed E-state index contributed by atoms with van der Waals surface area (Å²) < 4.78 is 16.7. The minimum Gasteiger partial charge on any atom is -0.486 e. The Kier molecular flexibility index (Phi) is 5.20. The van der Waals surface area contributed by atoms with Crippen molar-refractivity contribution in [1.29, 1.82) is 0 Å². The van der Waals surface area contributed by atoms with Gasteiger partial charge in [0, 0.05) is 29.0 Å². The van der Waals surface area contributed by atoms with Gasteiger partial charge in [0.1, 0.15) is 24.6 Å². The quantitative estimate of drug-likeness (QED) is 0.526. The third-order valence-corrected chi connectivity index (χ3v) is 4.54. The van der Waals surface area contributed by atoms with E-state index in [0.29, 0.717) is 36.7 Å². The van der Waals surface area contributed by atoms with E-state index in [0.717, 1.165) is 22.3 Å². The molecule has 29 heavy (non-hydrogen) atoms. The molecule has 1 aliphatic rings. The summed E-state index contributed by atoms with van der Waals surface area (Å²) in [6.07, 6.45) is 3.76. The number of furan rings is 1. The van der Waals surface area contributed by atoms with Crippen LogP contribution in [0.25, 0.3) is 17.0 Å². The third-order valence-electron chi connectivity index (χ3n) is 4.54. The molecule has 1 aromatic heterocycles. The first kappa shape index (κ1) is 18.6. The highest BCUT2D eigenvalue weighted by Gasteiger charge is 2.15. The van der Waals surface area contributed by atoms with E-state index in [-0.39, 0.29) is 0 Å². The standard InChI is InChI=1S/C22H20N2O5/c1-2-17-16(15-5-3-4-6-18(15)29-17)8-10-21(25)23-24-22(26)14-7-9-19-20(13-14)28-12-11-27-19/h3-10,13H,2,11-12H2,1H3,(H,23,25)(H,24,26)/b10-8+. The molecule has 0 saturated heterocycles. The highest BCUT2D eigenvalue weighted by atomic mass is 16.6. The highest BCUT2D eigenvalue weighted by Crippen LogP contribution is 2.30. The number of benzene rings is 2. The van der Waals surface area contributed by atoms with Gasteiger partial charge in [-0.3, -0.25) is 20.4 Å². The second-order valence-electron chi connectivity index (χ2n) is 6.42. The van der Waals surface area contributed by atoms with Gasteiger partial charge in [-0.25, -0.2) is 0 Å². The molecule has 1 aliphatic heterocycles. The Balaban J connectivity index is 1.41. The maximum atomic E-state index is 12.3. The number of para-hydroxylation sites is 1. The Hall–Kier alpha value is -3.74. The lowest BCUT2D eigenvalue weighted by Gasteiger charge is -2.18. The molecule has 0 unspecified atom stereocenters. The van der Waals surface area contributed by atoms with Crippen molar-refractivity contribution >= 4 is 28.9 Å². The van der Waals surface area contributed by atoms with Crippen molar-refractivity contribution in [1.82, 2.24) is 10.9 Å². The Morgan fingerprint density at radius 3 is 2.66 bits per heavy atom. The first-order valence-electron chi connectivity index (χ1n) is 9.34. The van der Waals surface area contributed by atoms with Gasteiger partial charge in [0.05, 0.1) is 0 Å². The number of carbonyl (C=O) groups excluding carboxylic acids is 2. The van der Waals surface area contributed by atoms with Crippen LogP contribution in [0.15, 0.2) is 53.0 Å². The molecule has 0 saturated carbocycles. The Morgan fingerprint density at radius 2 is 1.83 bits per heavy atom. The van der Waals surface area contributed by atoms with Crippen LogP contribution in [-0.4, -0.2) is 25.0 Å². The van der Waals surface area contributed by atoms with Crippen LogP contribution in [0.2, 0.25) is 0 Å². The van der Waals surface area contributed by atoms with E-state index in [1.807, 2.05) is 31.2 Å². The SMILES string of the molecule is CCc1oc2ccccc2c1/C=C/C(=O)NNC(=O)c1ccc2c(c1)OCCO2. The number of hydrogen-bond acceptors (Lipinski definition) is 5. The van der Waals surface area contributed by atoms with Crippen LogP contribution in [-0.2, 0) is 11.2 Å². The molecular formula is C22H20N2O5.